The Morgan fingerprint density at radius 2 is 2.42 bits per heavy atom. The van der Waals surface area contributed by atoms with Crippen LogP contribution in [0.3, 0.4) is 0 Å². The Morgan fingerprint density at radius 3 is 3.05 bits per heavy atom. The number of aromatic nitrogens is 2. The summed E-state index contributed by atoms with van der Waals surface area (Å²) in [5, 5.41) is 17.6. The molecule has 0 spiro atoms. The van der Waals surface area contributed by atoms with Gasteiger partial charge in [0.15, 0.2) is 4.34 Å². The van der Waals surface area contributed by atoms with Gasteiger partial charge in [0.2, 0.25) is 5.13 Å². The molecule has 1 N–H and O–H groups in total. The fourth-order valence-electron chi connectivity index (χ4n) is 2.18. The van der Waals surface area contributed by atoms with E-state index in [0.29, 0.717) is 10.3 Å². The standard InChI is InChI=1S/C11H18N4O2S2/c1-14-4-3-8(5-14)6-15(2)10-12-13-11(19-10)18-7-9(16)17/h8H,3-7H2,1-2H3,(H,16,17). The van der Waals surface area contributed by atoms with Gasteiger partial charge in [0, 0.05) is 20.1 Å². The number of carboxylic acids is 1. The molecule has 0 saturated carbocycles. The molecule has 1 fully saturated rings. The highest BCUT2D eigenvalue weighted by atomic mass is 32.2. The molecule has 6 nitrogen and oxygen atoms in total. The van der Waals surface area contributed by atoms with E-state index >= 15 is 0 Å². The van der Waals surface area contributed by atoms with Crippen molar-refractivity contribution in [1.29, 1.82) is 0 Å². The molecule has 2 rings (SSSR count). The minimum absolute atomic E-state index is 0.0335. The van der Waals surface area contributed by atoms with Gasteiger partial charge in [0.25, 0.3) is 0 Å². The zero-order valence-corrected chi connectivity index (χ0v) is 12.7. The Balaban J connectivity index is 1.85. The van der Waals surface area contributed by atoms with E-state index in [1.807, 2.05) is 7.05 Å². The van der Waals surface area contributed by atoms with Crippen LogP contribution in [-0.4, -0.2) is 65.7 Å². The molecule has 1 aliphatic heterocycles. The average Bonchev–Trinajstić information content (AvgIpc) is 2.95. The van der Waals surface area contributed by atoms with E-state index in [4.69, 9.17) is 5.11 Å². The van der Waals surface area contributed by atoms with Gasteiger partial charge in [-0.3, -0.25) is 4.79 Å². The SMILES string of the molecule is CN1CCC(CN(C)c2nnc(SCC(=O)O)s2)C1. The van der Waals surface area contributed by atoms with Crippen LogP contribution in [0.25, 0.3) is 0 Å². The molecule has 1 atom stereocenters. The predicted molar refractivity (Wildman–Crippen MR) is 77.1 cm³/mol. The molecular formula is C11H18N4O2S2. The van der Waals surface area contributed by atoms with Gasteiger partial charge in [0.1, 0.15) is 0 Å². The maximum absolute atomic E-state index is 10.5. The van der Waals surface area contributed by atoms with Crippen molar-refractivity contribution >= 4 is 34.2 Å². The Labute approximate surface area is 120 Å². The fraction of sp³-hybridized carbons (Fsp3) is 0.727. The van der Waals surface area contributed by atoms with E-state index in [-0.39, 0.29) is 5.75 Å². The molecule has 0 radical (unpaired) electrons. The van der Waals surface area contributed by atoms with E-state index in [0.717, 1.165) is 24.8 Å². The highest BCUT2D eigenvalue weighted by Gasteiger charge is 2.22. The number of thioether (sulfide) groups is 1. The zero-order chi connectivity index (χ0) is 13.8. The van der Waals surface area contributed by atoms with Gasteiger partial charge in [-0.2, -0.15) is 0 Å². The minimum Gasteiger partial charge on any atom is -0.481 e. The first-order valence-electron chi connectivity index (χ1n) is 6.12. The third-order valence-corrected chi connectivity index (χ3v) is 5.22. The van der Waals surface area contributed by atoms with Crippen molar-refractivity contribution in [3.63, 3.8) is 0 Å². The van der Waals surface area contributed by atoms with E-state index in [9.17, 15) is 4.79 Å². The second kappa shape index (κ2) is 6.53. The van der Waals surface area contributed by atoms with E-state index < -0.39 is 5.97 Å². The lowest BCUT2D eigenvalue weighted by molar-refractivity contribution is -0.133. The van der Waals surface area contributed by atoms with Gasteiger partial charge in [-0.05, 0) is 25.9 Å². The van der Waals surface area contributed by atoms with Crippen LogP contribution < -0.4 is 4.90 Å². The lowest BCUT2D eigenvalue weighted by Crippen LogP contribution is -2.27. The molecule has 1 unspecified atom stereocenters. The van der Waals surface area contributed by atoms with Gasteiger partial charge in [0.05, 0.1) is 5.75 Å². The smallest absolute Gasteiger partial charge is 0.313 e. The Kier molecular flexibility index (Phi) is 5.00. The van der Waals surface area contributed by atoms with Crippen molar-refractivity contribution < 1.29 is 9.90 Å². The highest BCUT2D eigenvalue weighted by molar-refractivity contribution is 8.01. The highest BCUT2D eigenvalue weighted by Crippen LogP contribution is 2.28. The molecule has 1 saturated heterocycles. The number of carboxylic acid groups (broad SMARTS) is 1. The molecule has 1 aliphatic rings. The Morgan fingerprint density at radius 1 is 1.63 bits per heavy atom. The molecular weight excluding hydrogens is 284 g/mol. The molecule has 0 bridgehead atoms. The molecule has 0 aromatic carbocycles. The molecule has 1 aromatic rings. The summed E-state index contributed by atoms with van der Waals surface area (Å²) in [6.45, 7) is 3.26. The normalized spacial score (nSPS) is 19.8. The molecule has 0 aliphatic carbocycles. The largest absolute Gasteiger partial charge is 0.481 e. The summed E-state index contributed by atoms with van der Waals surface area (Å²) in [5.74, 6) is -0.121. The number of hydrogen-bond acceptors (Lipinski definition) is 7. The summed E-state index contributed by atoms with van der Waals surface area (Å²) in [6, 6.07) is 0. The summed E-state index contributed by atoms with van der Waals surface area (Å²) in [5.41, 5.74) is 0. The first-order valence-corrected chi connectivity index (χ1v) is 7.92. The summed E-state index contributed by atoms with van der Waals surface area (Å²) < 4.78 is 0.716. The summed E-state index contributed by atoms with van der Waals surface area (Å²) in [6.07, 6.45) is 1.22. The Bertz CT molecular complexity index is 440. The number of likely N-dealkylation sites (tertiary alicyclic amines) is 1. The summed E-state index contributed by atoms with van der Waals surface area (Å²) in [7, 11) is 4.16. The van der Waals surface area contributed by atoms with Crippen LogP contribution in [0.2, 0.25) is 0 Å². The van der Waals surface area contributed by atoms with Gasteiger partial charge in [-0.15, -0.1) is 10.2 Å². The van der Waals surface area contributed by atoms with Crippen LogP contribution in [0.15, 0.2) is 4.34 Å². The van der Waals surface area contributed by atoms with Gasteiger partial charge >= 0.3 is 5.97 Å². The lowest BCUT2D eigenvalue weighted by Gasteiger charge is -2.19. The third kappa shape index (κ3) is 4.32. The van der Waals surface area contributed by atoms with Crippen LogP contribution in [0, 0.1) is 5.92 Å². The van der Waals surface area contributed by atoms with Crippen molar-refractivity contribution in [3.8, 4) is 0 Å². The zero-order valence-electron chi connectivity index (χ0n) is 11.1. The maximum atomic E-state index is 10.5. The lowest BCUT2D eigenvalue weighted by atomic mass is 10.1. The predicted octanol–water partition coefficient (Wildman–Crippen LogP) is 1.10. The summed E-state index contributed by atoms with van der Waals surface area (Å²) in [4.78, 5) is 15.0. The number of rotatable bonds is 6. The maximum Gasteiger partial charge on any atom is 0.313 e. The second-order valence-electron chi connectivity index (χ2n) is 4.83. The van der Waals surface area contributed by atoms with Crippen molar-refractivity contribution in [3.05, 3.63) is 0 Å². The van der Waals surface area contributed by atoms with Gasteiger partial charge < -0.3 is 14.9 Å². The first-order chi connectivity index (χ1) is 9.04. The first kappa shape index (κ1) is 14.5. The number of hydrogen-bond donors (Lipinski definition) is 1. The van der Waals surface area contributed by atoms with Crippen molar-refractivity contribution in [2.75, 3.05) is 44.4 Å². The fourth-order valence-corrected chi connectivity index (χ4v) is 3.71. The van der Waals surface area contributed by atoms with Gasteiger partial charge in [-0.25, -0.2) is 0 Å². The van der Waals surface area contributed by atoms with Crippen LogP contribution in [-0.2, 0) is 4.79 Å². The molecule has 19 heavy (non-hydrogen) atoms. The number of carbonyl (C=O) groups is 1. The molecule has 1 aromatic heterocycles. The second-order valence-corrected chi connectivity index (χ2v) is 7.01. The van der Waals surface area contributed by atoms with Crippen LogP contribution in [0.5, 0.6) is 0 Å². The molecule has 106 valence electrons. The van der Waals surface area contributed by atoms with Crippen LogP contribution in [0.4, 0.5) is 5.13 Å². The van der Waals surface area contributed by atoms with Gasteiger partial charge in [-0.1, -0.05) is 23.1 Å². The average molecular weight is 302 g/mol. The van der Waals surface area contributed by atoms with Crippen molar-refractivity contribution in [2.45, 2.75) is 10.8 Å². The molecule has 0 amide bonds. The molecule has 2 heterocycles. The van der Waals surface area contributed by atoms with E-state index in [2.05, 4.69) is 27.0 Å². The number of anilines is 1. The summed E-state index contributed by atoms with van der Waals surface area (Å²) >= 11 is 2.68. The van der Waals surface area contributed by atoms with E-state index in [1.165, 1.54) is 29.5 Å². The monoisotopic (exact) mass is 302 g/mol. The van der Waals surface area contributed by atoms with Crippen molar-refractivity contribution in [2.24, 2.45) is 5.92 Å². The number of aliphatic carboxylic acids is 1. The van der Waals surface area contributed by atoms with Crippen molar-refractivity contribution in [1.82, 2.24) is 15.1 Å². The quantitative estimate of drug-likeness (QED) is 0.789. The Hall–Kier alpha value is -0.860. The number of nitrogens with zero attached hydrogens (tertiary/aromatic N) is 4. The minimum atomic E-state index is -0.830. The topological polar surface area (TPSA) is 69.6 Å². The van der Waals surface area contributed by atoms with E-state index in [1.54, 1.807) is 0 Å². The van der Waals surface area contributed by atoms with Crippen LogP contribution in [0.1, 0.15) is 6.42 Å². The molecule has 8 heteroatoms. The third-order valence-electron chi connectivity index (χ3n) is 3.06. The van der Waals surface area contributed by atoms with Crippen LogP contribution >= 0.6 is 23.1 Å².